The Morgan fingerprint density at radius 2 is 2.38 bits per heavy atom. The van der Waals surface area contributed by atoms with Gasteiger partial charge in [-0.2, -0.15) is 0 Å². The molecule has 4 nitrogen and oxygen atoms in total. The Hall–Kier alpha value is -0.900. The number of hydrogen-bond acceptors (Lipinski definition) is 4. The van der Waals surface area contributed by atoms with Crippen molar-refractivity contribution in [2.75, 3.05) is 6.61 Å². The summed E-state index contributed by atoms with van der Waals surface area (Å²) in [4.78, 5) is 22.6. The van der Waals surface area contributed by atoms with Gasteiger partial charge in [-0.15, -0.1) is 0 Å². The van der Waals surface area contributed by atoms with Gasteiger partial charge in [-0.3, -0.25) is 4.79 Å². The molecule has 1 unspecified atom stereocenters. The van der Waals surface area contributed by atoms with E-state index in [0.717, 1.165) is 12.8 Å². The molecule has 1 aliphatic rings. The molecule has 0 spiro atoms. The fraction of sp³-hybridized carbons (Fsp3) is 0.778. The minimum Gasteiger partial charge on any atom is -0.464 e. The summed E-state index contributed by atoms with van der Waals surface area (Å²) in [7, 11) is 0. The number of ether oxygens (including phenoxy) is 1. The van der Waals surface area contributed by atoms with Crippen molar-refractivity contribution >= 4 is 11.8 Å². The third kappa shape index (κ3) is 1.88. The molecule has 1 fully saturated rings. The van der Waals surface area contributed by atoms with Crippen molar-refractivity contribution in [1.29, 1.82) is 0 Å². The van der Waals surface area contributed by atoms with E-state index in [-0.39, 0.29) is 12.4 Å². The van der Waals surface area contributed by atoms with Crippen LogP contribution in [-0.2, 0) is 14.3 Å². The lowest BCUT2D eigenvalue weighted by molar-refractivity contribution is -0.146. The minimum atomic E-state index is -1.34. The van der Waals surface area contributed by atoms with Crippen molar-refractivity contribution in [2.24, 2.45) is 5.73 Å². The van der Waals surface area contributed by atoms with Gasteiger partial charge in [-0.05, 0) is 6.42 Å². The minimum absolute atomic E-state index is 0.183. The highest BCUT2D eigenvalue weighted by atomic mass is 16.5. The molecule has 0 aromatic rings. The average molecular weight is 185 g/mol. The number of carbonyl (C=O) groups is 2. The first-order valence-corrected chi connectivity index (χ1v) is 4.60. The molecule has 1 rings (SSSR count). The highest BCUT2D eigenvalue weighted by molar-refractivity contribution is 6.09. The van der Waals surface area contributed by atoms with Crippen LogP contribution in [0.2, 0.25) is 0 Å². The summed E-state index contributed by atoms with van der Waals surface area (Å²) in [6, 6.07) is 0. The summed E-state index contributed by atoms with van der Waals surface area (Å²) >= 11 is 0. The van der Waals surface area contributed by atoms with Gasteiger partial charge < -0.3 is 10.5 Å². The SMILES string of the molecule is CCCCC(=O)C1(N)CCOC1=O. The molecule has 0 amide bonds. The van der Waals surface area contributed by atoms with Crippen LogP contribution >= 0.6 is 0 Å². The van der Waals surface area contributed by atoms with E-state index in [9.17, 15) is 9.59 Å². The van der Waals surface area contributed by atoms with Crippen LogP contribution < -0.4 is 5.73 Å². The van der Waals surface area contributed by atoms with Crippen LogP contribution in [0.5, 0.6) is 0 Å². The predicted octanol–water partition coefficient (Wildman–Crippen LogP) is 0.390. The van der Waals surface area contributed by atoms with Gasteiger partial charge >= 0.3 is 5.97 Å². The lowest BCUT2D eigenvalue weighted by atomic mass is 9.90. The topological polar surface area (TPSA) is 69.4 Å². The van der Waals surface area contributed by atoms with Crippen LogP contribution in [0.3, 0.4) is 0 Å². The fourth-order valence-corrected chi connectivity index (χ4v) is 1.35. The number of carbonyl (C=O) groups excluding carboxylic acids is 2. The Morgan fingerprint density at radius 3 is 2.85 bits per heavy atom. The second-order valence-electron chi connectivity index (χ2n) is 3.38. The summed E-state index contributed by atoms with van der Waals surface area (Å²) < 4.78 is 4.68. The molecular weight excluding hydrogens is 170 g/mol. The monoisotopic (exact) mass is 185 g/mol. The Bertz CT molecular complexity index is 227. The Labute approximate surface area is 77.4 Å². The fourth-order valence-electron chi connectivity index (χ4n) is 1.35. The van der Waals surface area contributed by atoms with E-state index < -0.39 is 11.5 Å². The average Bonchev–Trinajstić information content (AvgIpc) is 2.44. The molecule has 0 aliphatic carbocycles. The molecule has 2 N–H and O–H groups in total. The van der Waals surface area contributed by atoms with Gasteiger partial charge in [0.15, 0.2) is 11.3 Å². The quantitative estimate of drug-likeness (QED) is 0.508. The third-order valence-corrected chi connectivity index (χ3v) is 2.35. The standard InChI is InChI=1S/C9H15NO3/c1-2-3-4-7(11)9(10)5-6-13-8(9)12/h2-6,10H2,1H3. The first kappa shape index (κ1) is 10.2. The van der Waals surface area contributed by atoms with E-state index in [1.54, 1.807) is 0 Å². The van der Waals surface area contributed by atoms with Crippen molar-refractivity contribution in [1.82, 2.24) is 0 Å². The maximum atomic E-state index is 11.5. The summed E-state index contributed by atoms with van der Waals surface area (Å²) in [6.07, 6.45) is 2.42. The van der Waals surface area contributed by atoms with E-state index in [0.29, 0.717) is 12.8 Å². The largest absolute Gasteiger partial charge is 0.464 e. The van der Waals surface area contributed by atoms with E-state index in [4.69, 9.17) is 5.73 Å². The highest BCUT2D eigenvalue weighted by Gasteiger charge is 2.46. The highest BCUT2D eigenvalue weighted by Crippen LogP contribution is 2.20. The first-order chi connectivity index (χ1) is 6.11. The van der Waals surface area contributed by atoms with E-state index >= 15 is 0 Å². The Morgan fingerprint density at radius 1 is 1.69 bits per heavy atom. The zero-order chi connectivity index (χ0) is 9.90. The number of ketones is 1. The Kier molecular flexibility index (Phi) is 3.03. The molecule has 74 valence electrons. The molecule has 0 saturated carbocycles. The second-order valence-corrected chi connectivity index (χ2v) is 3.38. The van der Waals surface area contributed by atoms with Gasteiger partial charge in [0.25, 0.3) is 0 Å². The van der Waals surface area contributed by atoms with Crippen molar-refractivity contribution in [3.8, 4) is 0 Å². The normalized spacial score (nSPS) is 27.4. The van der Waals surface area contributed by atoms with Crippen LogP contribution in [0.25, 0.3) is 0 Å². The summed E-state index contributed by atoms with van der Waals surface area (Å²) in [5.41, 5.74) is 4.32. The van der Waals surface area contributed by atoms with Crippen LogP contribution in [0.15, 0.2) is 0 Å². The van der Waals surface area contributed by atoms with Crippen LogP contribution in [-0.4, -0.2) is 23.9 Å². The first-order valence-electron chi connectivity index (χ1n) is 4.60. The maximum absolute atomic E-state index is 11.5. The molecule has 1 atom stereocenters. The molecule has 0 bridgehead atoms. The van der Waals surface area contributed by atoms with E-state index in [2.05, 4.69) is 4.74 Å². The molecule has 1 saturated heterocycles. The molecular formula is C9H15NO3. The Balaban J connectivity index is 2.58. The smallest absolute Gasteiger partial charge is 0.334 e. The van der Waals surface area contributed by atoms with Crippen molar-refractivity contribution in [3.63, 3.8) is 0 Å². The molecule has 0 aromatic heterocycles. The van der Waals surface area contributed by atoms with Crippen LogP contribution in [0.4, 0.5) is 0 Å². The van der Waals surface area contributed by atoms with Crippen molar-refractivity contribution < 1.29 is 14.3 Å². The summed E-state index contributed by atoms with van der Waals surface area (Å²) in [6.45, 7) is 2.26. The lowest BCUT2D eigenvalue weighted by Crippen LogP contribution is -2.51. The van der Waals surface area contributed by atoms with Gasteiger partial charge in [0, 0.05) is 12.8 Å². The summed E-state index contributed by atoms with van der Waals surface area (Å²) in [5, 5.41) is 0. The van der Waals surface area contributed by atoms with Gasteiger partial charge in [0.1, 0.15) is 0 Å². The lowest BCUT2D eigenvalue weighted by Gasteiger charge is -2.16. The molecule has 1 heterocycles. The number of nitrogens with two attached hydrogens (primary N) is 1. The van der Waals surface area contributed by atoms with Crippen LogP contribution in [0.1, 0.15) is 32.6 Å². The third-order valence-electron chi connectivity index (χ3n) is 2.35. The zero-order valence-electron chi connectivity index (χ0n) is 7.84. The summed E-state index contributed by atoms with van der Waals surface area (Å²) in [5.74, 6) is -0.745. The number of esters is 1. The maximum Gasteiger partial charge on any atom is 0.334 e. The predicted molar refractivity (Wildman–Crippen MR) is 47.0 cm³/mol. The van der Waals surface area contributed by atoms with Gasteiger partial charge in [0.05, 0.1) is 6.61 Å². The molecule has 1 aliphatic heterocycles. The number of Topliss-reactive ketones (excluding diaryl/α,β-unsaturated/α-hetero) is 1. The molecule has 0 radical (unpaired) electrons. The van der Waals surface area contributed by atoms with E-state index in [1.165, 1.54) is 0 Å². The van der Waals surface area contributed by atoms with Gasteiger partial charge in [-0.1, -0.05) is 13.3 Å². The van der Waals surface area contributed by atoms with Crippen LogP contribution in [0, 0.1) is 0 Å². The molecule has 4 heteroatoms. The number of rotatable bonds is 4. The van der Waals surface area contributed by atoms with Gasteiger partial charge in [-0.25, -0.2) is 4.79 Å². The van der Waals surface area contributed by atoms with Crippen molar-refractivity contribution in [3.05, 3.63) is 0 Å². The number of cyclic esters (lactones) is 1. The molecule has 13 heavy (non-hydrogen) atoms. The number of unbranched alkanes of at least 4 members (excludes halogenated alkanes) is 1. The number of hydrogen-bond donors (Lipinski definition) is 1. The van der Waals surface area contributed by atoms with E-state index in [1.807, 2.05) is 6.92 Å². The van der Waals surface area contributed by atoms with Crippen molar-refractivity contribution in [2.45, 2.75) is 38.1 Å². The zero-order valence-corrected chi connectivity index (χ0v) is 7.84. The van der Waals surface area contributed by atoms with Gasteiger partial charge in [0.2, 0.25) is 0 Å². The molecule has 0 aromatic carbocycles. The second kappa shape index (κ2) is 3.87.